The number of likely N-dealkylation sites (N-methyl/N-ethyl adjacent to an activating group) is 1. The van der Waals surface area contributed by atoms with Crippen LogP contribution in [-0.2, 0) is 6.42 Å². The van der Waals surface area contributed by atoms with E-state index in [1.165, 1.54) is 18.6 Å². The van der Waals surface area contributed by atoms with Gasteiger partial charge in [-0.3, -0.25) is 0 Å². The van der Waals surface area contributed by atoms with Crippen molar-refractivity contribution in [3.8, 4) is 22.6 Å². The number of halogens is 1. The molecular weight excluding hydrogens is 367 g/mol. The summed E-state index contributed by atoms with van der Waals surface area (Å²) in [6, 6.07) is 8.70. The van der Waals surface area contributed by atoms with Gasteiger partial charge >= 0.3 is 0 Å². The number of likely N-dealkylation sites (tertiary alicyclic amines) is 1. The van der Waals surface area contributed by atoms with Crippen LogP contribution in [-0.4, -0.2) is 50.6 Å². The second kappa shape index (κ2) is 7.40. The summed E-state index contributed by atoms with van der Waals surface area (Å²) in [4.78, 5) is 16.4. The van der Waals surface area contributed by atoms with Gasteiger partial charge in [-0.05, 0) is 56.8 Å². The number of hydrogen-bond acceptors (Lipinski definition) is 5. The zero-order valence-electron chi connectivity index (χ0n) is 16.3. The number of benzene rings is 1. The van der Waals surface area contributed by atoms with Gasteiger partial charge < -0.3 is 14.8 Å². The Morgan fingerprint density at radius 2 is 2.00 bits per heavy atom. The molecule has 4 heterocycles. The second-order valence-corrected chi connectivity index (χ2v) is 7.70. The zero-order valence-corrected chi connectivity index (χ0v) is 16.3. The second-order valence-electron chi connectivity index (χ2n) is 7.70. The summed E-state index contributed by atoms with van der Waals surface area (Å²) in [6.45, 7) is 2.12. The Bertz CT molecular complexity index is 1060. The summed E-state index contributed by atoms with van der Waals surface area (Å²) in [5, 5.41) is 3.49. The molecule has 1 aromatic carbocycles. The molecule has 0 aliphatic carbocycles. The molecule has 1 N–H and O–H groups in total. The first kappa shape index (κ1) is 18.0. The molecule has 6 nitrogen and oxygen atoms in total. The molecule has 0 bridgehead atoms. The summed E-state index contributed by atoms with van der Waals surface area (Å²) >= 11 is 0. The van der Waals surface area contributed by atoms with Crippen molar-refractivity contribution in [2.24, 2.45) is 0 Å². The highest BCUT2D eigenvalue weighted by atomic mass is 19.1. The summed E-state index contributed by atoms with van der Waals surface area (Å²) in [5.74, 6) is 1.33. The molecule has 1 atom stereocenters. The van der Waals surface area contributed by atoms with Gasteiger partial charge in [0.15, 0.2) is 0 Å². The van der Waals surface area contributed by atoms with Crippen LogP contribution in [0.2, 0.25) is 0 Å². The van der Waals surface area contributed by atoms with Gasteiger partial charge in [-0.15, -0.1) is 0 Å². The molecule has 3 aromatic rings. The Hall–Kier alpha value is -3.06. The van der Waals surface area contributed by atoms with Crippen LogP contribution in [0.15, 0.2) is 42.6 Å². The number of rotatable bonds is 4. The van der Waals surface area contributed by atoms with Crippen molar-refractivity contribution < 1.29 is 4.39 Å². The van der Waals surface area contributed by atoms with E-state index in [9.17, 15) is 4.39 Å². The molecule has 29 heavy (non-hydrogen) atoms. The average molecular weight is 390 g/mol. The first-order valence-electron chi connectivity index (χ1n) is 9.99. The predicted octanol–water partition coefficient (Wildman–Crippen LogP) is 3.68. The van der Waals surface area contributed by atoms with Crippen LogP contribution < -0.4 is 5.32 Å². The first-order chi connectivity index (χ1) is 14.2. The van der Waals surface area contributed by atoms with Gasteiger partial charge in [0.1, 0.15) is 11.6 Å². The van der Waals surface area contributed by atoms with E-state index in [2.05, 4.69) is 32.9 Å². The molecule has 1 saturated heterocycles. The molecule has 1 unspecified atom stereocenters. The molecule has 2 aliphatic heterocycles. The predicted molar refractivity (Wildman–Crippen MR) is 112 cm³/mol. The van der Waals surface area contributed by atoms with Crippen LogP contribution in [0, 0.1) is 5.82 Å². The Morgan fingerprint density at radius 1 is 1.14 bits per heavy atom. The SMILES string of the molecule is CN1CCCC(Nc2nccc(-c3c(-c4ccc(F)cc4)nc4n3C=CC4)n2)C1. The molecule has 0 radical (unpaired) electrons. The first-order valence-corrected chi connectivity index (χ1v) is 9.99. The topological polar surface area (TPSA) is 58.9 Å². The normalized spacial score (nSPS) is 18.8. The van der Waals surface area contributed by atoms with E-state index < -0.39 is 0 Å². The standard InChI is InChI=1S/C22H23FN6/c1-28-12-2-4-17(14-28)25-22-24-11-10-18(26-22)21-20(15-6-8-16(23)9-7-15)27-19-5-3-13-29(19)21/h3,6-11,13,17H,2,4-5,12,14H2,1H3,(H,24,25,26). The molecule has 2 aliphatic rings. The molecule has 7 heteroatoms. The third-order valence-corrected chi connectivity index (χ3v) is 5.51. The lowest BCUT2D eigenvalue weighted by atomic mass is 10.1. The van der Waals surface area contributed by atoms with Crippen molar-refractivity contribution in [2.45, 2.75) is 25.3 Å². The van der Waals surface area contributed by atoms with Crippen LogP contribution in [0.5, 0.6) is 0 Å². The minimum absolute atomic E-state index is 0.257. The largest absolute Gasteiger partial charge is 0.350 e. The number of nitrogens with one attached hydrogen (secondary N) is 1. The van der Waals surface area contributed by atoms with Gasteiger partial charge in [-0.25, -0.2) is 19.3 Å². The highest BCUT2D eigenvalue weighted by Crippen LogP contribution is 2.34. The van der Waals surface area contributed by atoms with Crippen molar-refractivity contribution in [2.75, 3.05) is 25.5 Å². The Labute approximate surface area is 169 Å². The minimum Gasteiger partial charge on any atom is -0.350 e. The van der Waals surface area contributed by atoms with E-state index in [0.29, 0.717) is 12.0 Å². The monoisotopic (exact) mass is 390 g/mol. The fourth-order valence-corrected chi connectivity index (χ4v) is 4.13. The summed E-state index contributed by atoms with van der Waals surface area (Å²) in [7, 11) is 2.14. The third-order valence-electron chi connectivity index (χ3n) is 5.51. The van der Waals surface area contributed by atoms with E-state index in [1.54, 1.807) is 18.3 Å². The molecular formula is C22H23FN6. The van der Waals surface area contributed by atoms with Crippen LogP contribution in [0.3, 0.4) is 0 Å². The maximum Gasteiger partial charge on any atom is 0.223 e. The highest BCUT2D eigenvalue weighted by Gasteiger charge is 2.23. The maximum atomic E-state index is 13.4. The number of piperidine rings is 1. The van der Waals surface area contributed by atoms with Crippen LogP contribution in [0.1, 0.15) is 18.7 Å². The van der Waals surface area contributed by atoms with Crippen LogP contribution in [0.25, 0.3) is 28.8 Å². The Kier molecular flexibility index (Phi) is 4.60. The van der Waals surface area contributed by atoms with E-state index in [-0.39, 0.29) is 5.82 Å². The van der Waals surface area contributed by atoms with Crippen molar-refractivity contribution >= 4 is 12.1 Å². The fourth-order valence-electron chi connectivity index (χ4n) is 4.13. The number of anilines is 1. The van der Waals surface area contributed by atoms with E-state index in [4.69, 9.17) is 9.97 Å². The smallest absolute Gasteiger partial charge is 0.223 e. The molecule has 0 spiro atoms. The zero-order chi connectivity index (χ0) is 19.8. The molecule has 5 rings (SSSR count). The maximum absolute atomic E-state index is 13.4. The lowest BCUT2D eigenvalue weighted by molar-refractivity contribution is 0.260. The van der Waals surface area contributed by atoms with Gasteiger partial charge in [0.2, 0.25) is 5.95 Å². The van der Waals surface area contributed by atoms with Gasteiger partial charge in [-0.2, -0.15) is 0 Å². The van der Waals surface area contributed by atoms with Gasteiger partial charge in [0.25, 0.3) is 0 Å². The van der Waals surface area contributed by atoms with Gasteiger partial charge in [0, 0.05) is 37.0 Å². The fraction of sp³-hybridized carbons (Fsp3) is 0.318. The van der Waals surface area contributed by atoms with Crippen molar-refractivity contribution in [1.82, 2.24) is 24.4 Å². The summed E-state index contributed by atoms with van der Waals surface area (Å²) in [6.07, 6.45) is 8.95. The Morgan fingerprint density at radius 3 is 2.83 bits per heavy atom. The van der Waals surface area contributed by atoms with E-state index in [1.807, 2.05) is 12.3 Å². The van der Waals surface area contributed by atoms with Crippen LogP contribution in [0.4, 0.5) is 10.3 Å². The minimum atomic E-state index is -0.257. The summed E-state index contributed by atoms with van der Waals surface area (Å²) < 4.78 is 15.5. The van der Waals surface area contributed by atoms with Gasteiger partial charge in [-0.1, -0.05) is 6.08 Å². The van der Waals surface area contributed by atoms with Crippen molar-refractivity contribution in [3.63, 3.8) is 0 Å². The average Bonchev–Trinajstić information content (AvgIpc) is 3.30. The molecule has 1 fully saturated rings. The van der Waals surface area contributed by atoms with E-state index in [0.717, 1.165) is 54.4 Å². The third kappa shape index (κ3) is 3.53. The summed E-state index contributed by atoms with van der Waals surface area (Å²) in [5.41, 5.74) is 3.40. The Balaban J connectivity index is 1.52. The van der Waals surface area contributed by atoms with Crippen molar-refractivity contribution in [1.29, 1.82) is 0 Å². The van der Waals surface area contributed by atoms with Crippen molar-refractivity contribution in [3.05, 3.63) is 54.2 Å². The van der Waals surface area contributed by atoms with E-state index >= 15 is 0 Å². The lowest BCUT2D eigenvalue weighted by Crippen LogP contribution is -2.40. The molecule has 0 amide bonds. The number of fused-ring (bicyclic) bond motifs is 1. The lowest BCUT2D eigenvalue weighted by Gasteiger charge is -2.30. The quantitative estimate of drug-likeness (QED) is 0.736. The van der Waals surface area contributed by atoms with Gasteiger partial charge in [0.05, 0.1) is 17.1 Å². The van der Waals surface area contributed by atoms with Crippen LogP contribution >= 0.6 is 0 Å². The number of imidazole rings is 1. The molecule has 2 aromatic heterocycles. The molecule has 0 saturated carbocycles. The highest BCUT2D eigenvalue weighted by molar-refractivity contribution is 5.79. The molecule has 148 valence electrons. The number of aromatic nitrogens is 4. The number of nitrogens with zero attached hydrogens (tertiary/aromatic N) is 5. The number of hydrogen-bond donors (Lipinski definition) is 1. The number of allylic oxidation sites excluding steroid dienone is 1.